The molecule has 2 nitrogen and oxygen atoms in total. The fourth-order valence-corrected chi connectivity index (χ4v) is 3.80. The molecule has 1 aromatic heterocycles. The minimum Gasteiger partial charge on any atom is -0.381 e. The van der Waals surface area contributed by atoms with Crippen molar-refractivity contribution < 1.29 is 4.74 Å². The molecule has 0 spiro atoms. The first kappa shape index (κ1) is 10.8. The van der Waals surface area contributed by atoms with Gasteiger partial charge in [0, 0.05) is 30.2 Å². The number of rotatable bonds is 2. The van der Waals surface area contributed by atoms with E-state index in [1.807, 2.05) is 11.3 Å². The molecule has 1 aromatic rings. The van der Waals surface area contributed by atoms with Crippen LogP contribution in [0, 0.1) is 0 Å². The van der Waals surface area contributed by atoms with Crippen LogP contribution in [0.5, 0.6) is 0 Å². The molecule has 3 heteroatoms. The quantitative estimate of drug-likeness (QED) is 0.854. The van der Waals surface area contributed by atoms with Crippen LogP contribution in [0.15, 0.2) is 11.4 Å². The molecule has 0 radical (unpaired) electrons. The Balaban J connectivity index is 1.67. The number of fused-ring (bicyclic) bond motifs is 1. The highest BCUT2D eigenvalue weighted by Crippen LogP contribution is 2.33. The van der Waals surface area contributed by atoms with Gasteiger partial charge in [0.25, 0.3) is 0 Å². The lowest BCUT2D eigenvalue weighted by Gasteiger charge is -2.31. The van der Waals surface area contributed by atoms with E-state index >= 15 is 0 Å². The lowest BCUT2D eigenvalue weighted by Crippen LogP contribution is -2.38. The largest absolute Gasteiger partial charge is 0.381 e. The summed E-state index contributed by atoms with van der Waals surface area (Å²) in [6.45, 7) is 1.86. The maximum Gasteiger partial charge on any atom is 0.0480 e. The smallest absolute Gasteiger partial charge is 0.0480 e. The molecule has 1 N–H and O–H groups in total. The Morgan fingerprint density at radius 3 is 3.00 bits per heavy atom. The molecule has 1 aliphatic heterocycles. The van der Waals surface area contributed by atoms with Gasteiger partial charge in [0.2, 0.25) is 0 Å². The van der Waals surface area contributed by atoms with Crippen molar-refractivity contribution in [3.63, 3.8) is 0 Å². The molecule has 1 aliphatic carbocycles. The van der Waals surface area contributed by atoms with Crippen LogP contribution >= 0.6 is 11.3 Å². The monoisotopic (exact) mass is 237 g/mol. The summed E-state index contributed by atoms with van der Waals surface area (Å²) in [5.41, 5.74) is 1.57. The third kappa shape index (κ3) is 2.17. The van der Waals surface area contributed by atoms with E-state index in [4.69, 9.17) is 4.74 Å². The molecule has 0 bridgehead atoms. The fourth-order valence-electron chi connectivity index (χ4n) is 2.81. The van der Waals surface area contributed by atoms with Gasteiger partial charge in [0.05, 0.1) is 0 Å². The van der Waals surface area contributed by atoms with Gasteiger partial charge in [-0.2, -0.15) is 0 Å². The first-order valence-electron chi connectivity index (χ1n) is 6.33. The zero-order valence-corrected chi connectivity index (χ0v) is 10.4. The number of aryl methyl sites for hydroxylation is 1. The van der Waals surface area contributed by atoms with E-state index in [1.165, 1.54) is 32.1 Å². The van der Waals surface area contributed by atoms with Gasteiger partial charge in [-0.25, -0.2) is 0 Å². The van der Waals surface area contributed by atoms with Crippen molar-refractivity contribution in [2.45, 2.75) is 44.2 Å². The van der Waals surface area contributed by atoms with E-state index in [0.717, 1.165) is 13.2 Å². The van der Waals surface area contributed by atoms with E-state index in [1.54, 1.807) is 10.4 Å². The second-order valence-corrected chi connectivity index (χ2v) is 5.80. The first-order chi connectivity index (χ1) is 7.93. The summed E-state index contributed by atoms with van der Waals surface area (Å²) >= 11 is 1.93. The van der Waals surface area contributed by atoms with Gasteiger partial charge in [-0.05, 0) is 49.1 Å². The van der Waals surface area contributed by atoms with Crippen LogP contribution in [0.3, 0.4) is 0 Å². The highest BCUT2D eigenvalue weighted by atomic mass is 32.1. The van der Waals surface area contributed by atoms with Crippen LogP contribution < -0.4 is 5.32 Å². The SMILES string of the molecule is c1cc2c(s1)CCCC2NC1CCOCC1. The van der Waals surface area contributed by atoms with Crippen molar-refractivity contribution in [2.24, 2.45) is 0 Å². The number of thiophene rings is 1. The fraction of sp³-hybridized carbons (Fsp3) is 0.692. The van der Waals surface area contributed by atoms with Gasteiger partial charge < -0.3 is 10.1 Å². The Kier molecular flexibility index (Phi) is 3.27. The van der Waals surface area contributed by atoms with Crippen LogP contribution in [0.4, 0.5) is 0 Å². The van der Waals surface area contributed by atoms with Crippen LogP contribution in [-0.4, -0.2) is 19.3 Å². The first-order valence-corrected chi connectivity index (χ1v) is 7.21. The Morgan fingerprint density at radius 1 is 1.25 bits per heavy atom. The van der Waals surface area contributed by atoms with E-state index in [0.29, 0.717) is 12.1 Å². The van der Waals surface area contributed by atoms with Crippen molar-refractivity contribution in [1.29, 1.82) is 0 Å². The maximum atomic E-state index is 5.41. The van der Waals surface area contributed by atoms with Gasteiger partial charge >= 0.3 is 0 Å². The van der Waals surface area contributed by atoms with E-state index in [9.17, 15) is 0 Å². The Hall–Kier alpha value is -0.380. The molecule has 0 saturated carbocycles. The standard InChI is InChI=1S/C13H19NOS/c1-2-12(11-6-9-16-13(11)3-1)14-10-4-7-15-8-5-10/h6,9-10,12,14H,1-5,7-8H2. The lowest BCUT2D eigenvalue weighted by atomic mass is 9.92. The molecule has 1 fully saturated rings. The Morgan fingerprint density at radius 2 is 2.12 bits per heavy atom. The van der Waals surface area contributed by atoms with Crippen LogP contribution in [0.25, 0.3) is 0 Å². The number of hydrogen-bond acceptors (Lipinski definition) is 3. The minimum absolute atomic E-state index is 0.609. The summed E-state index contributed by atoms with van der Waals surface area (Å²) in [6.07, 6.45) is 6.29. The summed E-state index contributed by atoms with van der Waals surface area (Å²) in [5.74, 6) is 0. The normalized spacial score (nSPS) is 26.6. The average Bonchev–Trinajstić information content (AvgIpc) is 2.80. The molecule has 16 heavy (non-hydrogen) atoms. The summed E-state index contributed by atoms with van der Waals surface area (Å²) in [6, 6.07) is 3.60. The van der Waals surface area contributed by atoms with Crippen molar-refractivity contribution >= 4 is 11.3 Å². The molecule has 88 valence electrons. The zero-order valence-electron chi connectivity index (χ0n) is 9.58. The molecule has 0 aromatic carbocycles. The zero-order chi connectivity index (χ0) is 10.8. The molecular formula is C13H19NOS. The minimum atomic E-state index is 0.609. The highest BCUT2D eigenvalue weighted by molar-refractivity contribution is 7.10. The molecule has 1 atom stereocenters. The molecule has 3 rings (SSSR count). The third-order valence-electron chi connectivity index (χ3n) is 3.71. The third-order valence-corrected chi connectivity index (χ3v) is 4.71. The summed E-state index contributed by atoms with van der Waals surface area (Å²) in [7, 11) is 0. The number of hydrogen-bond donors (Lipinski definition) is 1. The summed E-state index contributed by atoms with van der Waals surface area (Å²) in [5, 5.41) is 6.07. The van der Waals surface area contributed by atoms with Gasteiger partial charge in [-0.15, -0.1) is 11.3 Å². The second kappa shape index (κ2) is 4.86. The maximum absolute atomic E-state index is 5.41. The predicted octanol–water partition coefficient (Wildman–Crippen LogP) is 2.89. The van der Waals surface area contributed by atoms with Gasteiger partial charge in [-0.1, -0.05) is 0 Å². The molecule has 1 unspecified atom stereocenters. The number of nitrogens with one attached hydrogen (secondary N) is 1. The van der Waals surface area contributed by atoms with Crippen LogP contribution in [0.1, 0.15) is 42.2 Å². The van der Waals surface area contributed by atoms with E-state index in [2.05, 4.69) is 16.8 Å². The van der Waals surface area contributed by atoms with Gasteiger partial charge in [-0.3, -0.25) is 0 Å². The van der Waals surface area contributed by atoms with E-state index < -0.39 is 0 Å². The topological polar surface area (TPSA) is 21.3 Å². The highest BCUT2D eigenvalue weighted by Gasteiger charge is 2.24. The Labute approximate surface area is 101 Å². The van der Waals surface area contributed by atoms with Crippen LogP contribution in [-0.2, 0) is 11.2 Å². The Bertz CT molecular complexity index is 343. The van der Waals surface area contributed by atoms with Gasteiger partial charge in [0.15, 0.2) is 0 Å². The van der Waals surface area contributed by atoms with Crippen molar-refractivity contribution in [1.82, 2.24) is 5.32 Å². The summed E-state index contributed by atoms with van der Waals surface area (Å²) < 4.78 is 5.41. The molecule has 2 aliphatic rings. The van der Waals surface area contributed by atoms with Gasteiger partial charge in [0.1, 0.15) is 0 Å². The van der Waals surface area contributed by atoms with Crippen molar-refractivity contribution in [3.05, 3.63) is 21.9 Å². The molecular weight excluding hydrogens is 218 g/mol. The number of ether oxygens (including phenoxy) is 1. The predicted molar refractivity (Wildman–Crippen MR) is 67.0 cm³/mol. The van der Waals surface area contributed by atoms with Crippen LogP contribution in [0.2, 0.25) is 0 Å². The summed E-state index contributed by atoms with van der Waals surface area (Å²) in [4.78, 5) is 1.61. The van der Waals surface area contributed by atoms with Crippen molar-refractivity contribution in [2.75, 3.05) is 13.2 Å². The lowest BCUT2D eigenvalue weighted by molar-refractivity contribution is 0.0741. The molecule has 0 amide bonds. The molecule has 1 saturated heterocycles. The second-order valence-electron chi connectivity index (χ2n) is 4.80. The average molecular weight is 237 g/mol. The van der Waals surface area contributed by atoms with E-state index in [-0.39, 0.29) is 0 Å². The van der Waals surface area contributed by atoms with Crippen molar-refractivity contribution in [3.8, 4) is 0 Å². The molecule has 2 heterocycles.